The van der Waals surface area contributed by atoms with Crippen LogP contribution in [0.3, 0.4) is 0 Å². The highest BCUT2D eigenvalue weighted by molar-refractivity contribution is 5.97. The zero-order chi connectivity index (χ0) is 18.7. The molecule has 0 saturated carbocycles. The van der Waals surface area contributed by atoms with Gasteiger partial charge in [-0.15, -0.1) is 0 Å². The Labute approximate surface area is 153 Å². The molecule has 1 aromatic heterocycles. The molecular weight excluding hydrogens is 332 g/mol. The fraction of sp³-hybridized carbons (Fsp3) is 0.400. The first-order chi connectivity index (χ1) is 12.4. The predicted molar refractivity (Wildman–Crippen MR) is 97.4 cm³/mol. The number of aromatic carboxylic acids is 1. The molecule has 2 aromatic rings. The third-order valence-corrected chi connectivity index (χ3v) is 4.76. The monoisotopic (exact) mass is 356 g/mol. The van der Waals surface area contributed by atoms with Gasteiger partial charge in [0.2, 0.25) is 5.76 Å². The summed E-state index contributed by atoms with van der Waals surface area (Å²) in [6.07, 6.45) is 0.889. The Morgan fingerprint density at radius 2 is 1.81 bits per heavy atom. The van der Waals surface area contributed by atoms with Crippen LogP contribution in [0.2, 0.25) is 0 Å². The number of hydrogen-bond donors (Lipinski definition) is 1. The van der Waals surface area contributed by atoms with Crippen LogP contribution in [0.5, 0.6) is 0 Å². The summed E-state index contributed by atoms with van der Waals surface area (Å²) in [7, 11) is 0. The van der Waals surface area contributed by atoms with Gasteiger partial charge in [0.25, 0.3) is 5.91 Å². The zero-order valence-electron chi connectivity index (χ0n) is 15.2. The highest BCUT2D eigenvalue weighted by Crippen LogP contribution is 2.18. The second-order valence-electron chi connectivity index (χ2n) is 6.79. The Hall–Kier alpha value is -2.60. The summed E-state index contributed by atoms with van der Waals surface area (Å²) in [6.45, 7) is 7.59. The van der Waals surface area contributed by atoms with Crippen molar-refractivity contribution in [2.24, 2.45) is 0 Å². The van der Waals surface area contributed by atoms with Gasteiger partial charge in [-0.1, -0.05) is 29.8 Å². The molecule has 0 atom stereocenters. The zero-order valence-corrected chi connectivity index (χ0v) is 15.2. The minimum absolute atomic E-state index is 0.157. The molecule has 2 heterocycles. The average molecular weight is 356 g/mol. The molecule has 1 amide bonds. The Kier molecular flexibility index (Phi) is 5.42. The number of benzene rings is 1. The fourth-order valence-electron chi connectivity index (χ4n) is 3.25. The standard InChI is InChI=1S/C20H24N2O4/c1-14-4-6-16(7-5-14)13-21-8-3-9-22(11-10-21)19(23)17-12-18(20(24)25)26-15(17)2/h4-7,12H,3,8-11,13H2,1-2H3,(H,24,25). The van der Waals surface area contributed by atoms with Crippen molar-refractivity contribution < 1.29 is 19.1 Å². The molecule has 1 aromatic carbocycles. The number of hydrogen-bond acceptors (Lipinski definition) is 4. The van der Waals surface area contributed by atoms with Gasteiger partial charge in [0, 0.05) is 38.8 Å². The first kappa shape index (κ1) is 18.2. The van der Waals surface area contributed by atoms with Crippen LogP contribution >= 0.6 is 0 Å². The molecule has 138 valence electrons. The molecule has 0 spiro atoms. The molecular formula is C20H24N2O4. The van der Waals surface area contributed by atoms with Gasteiger partial charge in [-0.25, -0.2) is 4.79 Å². The summed E-state index contributed by atoms with van der Waals surface area (Å²) in [5.41, 5.74) is 2.86. The van der Waals surface area contributed by atoms with E-state index in [0.717, 1.165) is 26.1 Å². The lowest BCUT2D eigenvalue weighted by Gasteiger charge is -2.22. The van der Waals surface area contributed by atoms with E-state index >= 15 is 0 Å². The summed E-state index contributed by atoms with van der Waals surface area (Å²) in [5, 5.41) is 9.03. The Balaban J connectivity index is 1.63. The lowest BCUT2D eigenvalue weighted by Crippen LogP contribution is -2.35. The number of amides is 1. The quantitative estimate of drug-likeness (QED) is 0.912. The van der Waals surface area contributed by atoms with Crippen molar-refractivity contribution in [1.82, 2.24) is 9.80 Å². The number of carbonyl (C=O) groups is 2. The minimum Gasteiger partial charge on any atom is -0.475 e. The van der Waals surface area contributed by atoms with E-state index in [1.807, 2.05) is 0 Å². The maximum absolute atomic E-state index is 12.8. The van der Waals surface area contributed by atoms with Crippen LogP contribution in [0.4, 0.5) is 0 Å². The van der Waals surface area contributed by atoms with Gasteiger partial charge in [-0.3, -0.25) is 9.69 Å². The normalized spacial score (nSPS) is 15.7. The second-order valence-corrected chi connectivity index (χ2v) is 6.79. The van der Waals surface area contributed by atoms with Crippen molar-refractivity contribution in [3.63, 3.8) is 0 Å². The van der Waals surface area contributed by atoms with E-state index < -0.39 is 5.97 Å². The van der Waals surface area contributed by atoms with E-state index in [1.165, 1.54) is 17.2 Å². The Morgan fingerprint density at radius 1 is 1.08 bits per heavy atom. The predicted octanol–water partition coefficient (Wildman–Crippen LogP) is 2.94. The lowest BCUT2D eigenvalue weighted by atomic mass is 10.1. The molecule has 3 rings (SSSR count). The highest BCUT2D eigenvalue weighted by atomic mass is 16.4. The molecule has 0 bridgehead atoms. The number of furan rings is 1. The third-order valence-electron chi connectivity index (χ3n) is 4.76. The van der Waals surface area contributed by atoms with Gasteiger partial charge in [0.1, 0.15) is 5.76 Å². The molecule has 26 heavy (non-hydrogen) atoms. The summed E-state index contributed by atoms with van der Waals surface area (Å²) < 4.78 is 5.17. The highest BCUT2D eigenvalue weighted by Gasteiger charge is 2.25. The lowest BCUT2D eigenvalue weighted by molar-refractivity contribution is 0.0660. The van der Waals surface area contributed by atoms with Gasteiger partial charge < -0.3 is 14.4 Å². The summed E-state index contributed by atoms with van der Waals surface area (Å²) in [5.74, 6) is -1.15. The molecule has 0 radical (unpaired) electrons. The fourth-order valence-corrected chi connectivity index (χ4v) is 3.25. The maximum atomic E-state index is 12.8. The van der Waals surface area contributed by atoms with Crippen molar-refractivity contribution >= 4 is 11.9 Å². The van der Waals surface area contributed by atoms with Gasteiger partial charge in [0.15, 0.2) is 0 Å². The van der Waals surface area contributed by atoms with Gasteiger partial charge in [0.05, 0.1) is 5.56 Å². The Bertz CT molecular complexity index is 795. The van der Waals surface area contributed by atoms with Crippen LogP contribution in [0.25, 0.3) is 0 Å². The molecule has 0 unspecified atom stereocenters. The van der Waals surface area contributed by atoms with Crippen LogP contribution in [-0.2, 0) is 6.54 Å². The maximum Gasteiger partial charge on any atom is 0.371 e. The van der Waals surface area contributed by atoms with E-state index in [4.69, 9.17) is 9.52 Å². The number of carboxylic acid groups (broad SMARTS) is 1. The Morgan fingerprint density at radius 3 is 2.46 bits per heavy atom. The first-order valence-corrected chi connectivity index (χ1v) is 8.85. The minimum atomic E-state index is -1.16. The number of nitrogens with zero attached hydrogens (tertiary/aromatic N) is 2. The summed E-state index contributed by atoms with van der Waals surface area (Å²) >= 11 is 0. The van der Waals surface area contributed by atoms with E-state index in [9.17, 15) is 9.59 Å². The van der Waals surface area contributed by atoms with Gasteiger partial charge >= 0.3 is 5.97 Å². The molecule has 1 fully saturated rings. The topological polar surface area (TPSA) is 74.0 Å². The average Bonchev–Trinajstić information content (AvgIpc) is 2.85. The van der Waals surface area contributed by atoms with Crippen molar-refractivity contribution in [2.75, 3.05) is 26.2 Å². The van der Waals surface area contributed by atoms with Gasteiger partial charge in [-0.2, -0.15) is 0 Å². The van der Waals surface area contributed by atoms with Crippen molar-refractivity contribution in [3.8, 4) is 0 Å². The van der Waals surface area contributed by atoms with E-state index in [2.05, 4.69) is 36.1 Å². The van der Waals surface area contributed by atoms with E-state index in [1.54, 1.807) is 11.8 Å². The molecule has 1 aliphatic rings. The molecule has 1 N–H and O–H groups in total. The molecule has 1 aliphatic heterocycles. The number of rotatable bonds is 4. The number of carbonyl (C=O) groups excluding carboxylic acids is 1. The SMILES string of the molecule is Cc1ccc(CN2CCCN(C(=O)c3cc(C(=O)O)oc3C)CC2)cc1. The number of aryl methyl sites for hydroxylation is 2. The number of carboxylic acids is 1. The third kappa shape index (κ3) is 4.14. The summed E-state index contributed by atoms with van der Waals surface area (Å²) in [6, 6.07) is 9.85. The smallest absolute Gasteiger partial charge is 0.371 e. The van der Waals surface area contributed by atoms with Crippen LogP contribution in [-0.4, -0.2) is 53.0 Å². The molecule has 0 aliphatic carbocycles. The van der Waals surface area contributed by atoms with E-state index in [0.29, 0.717) is 24.4 Å². The van der Waals surface area contributed by atoms with Crippen LogP contribution in [0.1, 0.15) is 44.2 Å². The van der Waals surface area contributed by atoms with Crippen LogP contribution in [0.15, 0.2) is 34.7 Å². The van der Waals surface area contributed by atoms with Crippen LogP contribution < -0.4 is 0 Å². The largest absolute Gasteiger partial charge is 0.475 e. The van der Waals surface area contributed by atoms with Crippen LogP contribution in [0, 0.1) is 13.8 Å². The summed E-state index contributed by atoms with van der Waals surface area (Å²) in [4.78, 5) is 27.9. The second kappa shape index (κ2) is 7.74. The van der Waals surface area contributed by atoms with Gasteiger partial charge in [-0.05, 0) is 25.8 Å². The van der Waals surface area contributed by atoms with Crippen molar-refractivity contribution in [1.29, 1.82) is 0 Å². The first-order valence-electron chi connectivity index (χ1n) is 8.85. The molecule has 6 heteroatoms. The molecule has 1 saturated heterocycles. The molecule has 6 nitrogen and oxygen atoms in total. The van der Waals surface area contributed by atoms with Crippen molar-refractivity contribution in [2.45, 2.75) is 26.8 Å². The van der Waals surface area contributed by atoms with Crippen molar-refractivity contribution in [3.05, 3.63) is 58.5 Å². The van der Waals surface area contributed by atoms with E-state index in [-0.39, 0.29) is 11.7 Å².